The third kappa shape index (κ3) is 6.19. The van der Waals surface area contributed by atoms with Crippen LogP contribution in [-0.2, 0) is 17.2 Å². The summed E-state index contributed by atoms with van der Waals surface area (Å²) >= 11 is 0. The molecule has 0 saturated heterocycles. The molecule has 0 aliphatic carbocycles. The van der Waals surface area contributed by atoms with E-state index in [0.29, 0.717) is 17.6 Å². The van der Waals surface area contributed by atoms with E-state index in [1.165, 1.54) is 5.56 Å². The molecule has 0 fully saturated rings. The highest BCUT2D eigenvalue weighted by molar-refractivity contribution is 7.85. The topological polar surface area (TPSA) is 43.1 Å². The van der Waals surface area contributed by atoms with Crippen LogP contribution in [0.5, 0.6) is 0 Å². The minimum Gasteiger partial charge on any atom is -0.323 e. The van der Waals surface area contributed by atoms with E-state index < -0.39 is 10.8 Å². The molecule has 3 unspecified atom stereocenters. The molecule has 2 N–H and O–H groups in total. The van der Waals surface area contributed by atoms with Crippen LogP contribution in [0.1, 0.15) is 51.3 Å². The van der Waals surface area contributed by atoms with Gasteiger partial charge >= 0.3 is 0 Å². The van der Waals surface area contributed by atoms with Crippen LogP contribution >= 0.6 is 0 Å². The first kappa shape index (κ1) is 17.4. The molecule has 0 saturated carbocycles. The van der Waals surface area contributed by atoms with E-state index in [-0.39, 0.29) is 6.04 Å². The Morgan fingerprint density at radius 2 is 1.70 bits per heavy atom. The van der Waals surface area contributed by atoms with Crippen molar-refractivity contribution in [3.05, 3.63) is 35.4 Å². The third-order valence-corrected chi connectivity index (χ3v) is 5.26. The van der Waals surface area contributed by atoms with Crippen molar-refractivity contribution >= 4 is 10.8 Å². The maximum atomic E-state index is 12.0. The first-order chi connectivity index (χ1) is 9.42. The molecule has 3 heteroatoms. The van der Waals surface area contributed by atoms with E-state index >= 15 is 0 Å². The van der Waals surface area contributed by atoms with Crippen LogP contribution in [0.3, 0.4) is 0 Å². The van der Waals surface area contributed by atoms with Gasteiger partial charge in [0.05, 0.1) is 0 Å². The summed E-state index contributed by atoms with van der Waals surface area (Å²) in [6.45, 7) is 8.72. The molecule has 0 heterocycles. The minimum atomic E-state index is -0.820. The monoisotopic (exact) mass is 295 g/mol. The standard InChI is InChI=1S/C17H29NOS/c1-5-14(4)11-20(19)12-17(18)16-8-6-15(7-9-16)10-13(2)3/h6-9,13-14,17H,5,10-12,18H2,1-4H3. The van der Waals surface area contributed by atoms with Crippen LogP contribution in [-0.4, -0.2) is 15.7 Å². The van der Waals surface area contributed by atoms with Gasteiger partial charge in [0.2, 0.25) is 0 Å². The minimum absolute atomic E-state index is 0.118. The Labute approximate surface area is 126 Å². The molecule has 1 aromatic rings. The molecular weight excluding hydrogens is 266 g/mol. The molecule has 0 aromatic heterocycles. The molecule has 2 nitrogen and oxygen atoms in total. The van der Waals surface area contributed by atoms with Gasteiger partial charge in [0.15, 0.2) is 0 Å². The quantitative estimate of drug-likeness (QED) is 0.795. The molecule has 1 rings (SSSR count). The van der Waals surface area contributed by atoms with E-state index in [1.54, 1.807) is 0 Å². The lowest BCUT2D eigenvalue weighted by Gasteiger charge is -2.14. The SMILES string of the molecule is CCC(C)CS(=O)CC(N)c1ccc(CC(C)C)cc1. The first-order valence-corrected chi connectivity index (χ1v) is 9.10. The summed E-state index contributed by atoms with van der Waals surface area (Å²) in [5.41, 5.74) is 8.61. The van der Waals surface area contributed by atoms with Gasteiger partial charge in [-0.1, -0.05) is 58.4 Å². The lowest BCUT2D eigenvalue weighted by Crippen LogP contribution is -2.21. The molecule has 1 aromatic carbocycles. The van der Waals surface area contributed by atoms with Crippen molar-refractivity contribution in [2.24, 2.45) is 17.6 Å². The fourth-order valence-electron chi connectivity index (χ4n) is 2.17. The van der Waals surface area contributed by atoms with Crippen molar-refractivity contribution in [2.45, 2.75) is 46.6 Å². The van der Waals surface area contributed by atoms with Crippen molar-refractivity contribution < 1.29 is 4.21 Å². The molecule has 114 valence electrons. The van der Waals surface area contributed by atoms with Crippen molar-refractivity contribution in [3.8, 4) is 0 Å². The summed E-state index contributed by atoms with van der Waals surface area (Å²) in [5.74, 6) is 2.50. The van der Waals surface area contributed by atoms with Crippen LogP contribution in [0.2, 0.25) is 0 Å². The molecule has 0 bridgehead atoms. The summed E-state index contributed by atoms with van der Waals surface area (Å²) in [7, 11) is -0.820. The van der Waals surface area contributed by atoms with Gasteiger partial charge in [0, 0.05) is 28.3 Å². The van der Waals surface area contributed by atoms with Crippen LogP contribution in [0.4, 0.5) is 0 Å². The van der Waals surface area contributed by atoms with Crippen molar-refractivity contribution in [1.29, 1.82) is 0 Å². The number of benzene rings is 1. The largest absolute Gasteiger partial charge is 0.323 e. The molecular formula is C17H29NOS. The second-order valence-electron chi connectivity index (χ2n) is 6.23. The van der Waals surface area contributed by atoms with Gasteiger partial charge in [-0.05, 0) is 29.4 Å². The Morgan fingerprint density at radius 3 is 2.20 bits per heavy atom. The lowest BCUT2D eigenvalue weighted by molar-refractivity contribution is 0.612. The Bertz CT molecular complexity index is 414. The fourth-order valence-corrected chi connectivity index (χ4v) is 3.77. The van der Waals surface area contributed by atoms with Crippen molar-refractivity contribution in [2.75, 3.05) is 11.5 Å². The number of rotatable bonds is 8. The van der Waals surface area contributed by atoms with Gasteiger partial charge in [-0.15, -0.1) is 0 Å². The maximum absolute atomic E-state index is 12.0. The number of hydrogen-bond donors (Lipinski definition) is 1. The fraction of sp³-hybridized carbons (Fsp3) is 0.647. The van der Waals surface area contributed by atoms with Crippen molar-refractivity contribution in [3.63, 3.8) is 0 Å². The summed E-state index contributed by atoms with van der Waals surface area (Å²) in [4.78, 5) is 0. The normalized spacial score (nSPS) is 16.1. The Kier molecular flexibility index (Phi) is 7.46. The Hall–Kier alpha value is -0.670. The molecule has 3 atom stereocenters. The summed E-state index contributed by atoms with van der Waals surface area (Å²) in [6, 6.07) is 8.35. The summed E-state index contributed by atoms with van der Waals surface area (Å²) in [6.07, 6.45) is 2.17. The number of hydrogen-bond acceptors (Lipinski definition) is 2. The van der Waals surface area contributed by atoms with E-state index in [4.69, 9.17) is 5.73 Å². The number of nitrogens with two attached hydrogens (primary N) is 1. The second-order valence-corrected chi connectivity index (χ2v) is 7.78. The highest BCUT2D eigenvalue weighted by atomic mass is 32.2. The zero-order chi connectivity index (χ0) is 15.1. The van der Waals surface area contributed by atoms with Gasteiger partial charge in [0.1, 0.15) is 0 Å². The third-order valence-electron chi connectivity index (χ3n) is 3.58. The zero-order valence-corrected chi connectivity index (χ0v) is 14.1. The van der Waals surface area contributed by atoms with Gasteiger partial charge in [-0.3, -0.25) is 4.21 Å². The molecule has 0 radical (unpaired) electrons. The molecule has 0 spiro atoms. The van der Waals surface area contributed by atoms with Gasteiger partial charge in [0.25, 0.3) is 0 Å². The predicted octanol–water partition coefficient (Wildman–Crippen LogP) is 3.68. The molecule has 0 aliphatic heterocycles. The average Bonchev–Trinajstić information content (AvgIpc) is 2.38. The average molecular weight is 295 g/mol. The van der Waals surface area contributed by atoms with Gasteiger partial charge in [-0.25, -0.2) is 0 Å². The smallest absolute Gasteiger partial charge is 0.0428 e. The van der Waals surface area contributed by atoms with E-state index in [9.17, 15) is 4.21 Å². The Morgan fingerprint density at radius 1 is 1.10 bits per heavy atom. The molecule has 0 amide bonds. The van der Waals surface area contributed by atoms with Crippen LogP contribution in [0.25, 0.3) is 0 Å². The summed E-state index contributed by atoms with van der Waals surface area (Å²) in [5, 5.41) is 0. The lowest BCUT2D eigenvalue weighted by atomic mass is 10.0. The van der Waals surface area contributed by atoms with E-state index in [0.717, 1.165) is 24.2 Å². The van der Waals surface area contributed by atoms with Crippen LogP contribution < -0.4 is 5.73 Å². The highest BCUT2D eigenvalue weighted by Crippen LogP contribution is 2.16. The highest BCUT2D eigenvalue weighted by Gasteiger charge is 2.12. The van der Waals surface area contributed by atoms with Crippen LogP contribution in [0, 0.1) is 11.8 Å². The molecule has 0 aliphatic rings. The predicted molar refractivity (Wildman–Crippen MR) is 89.2 cm³/mol. The second kappa shape index (κ2) is 8.58. The van der Waals surface area contributed by atoms with Gasteiger partial charge < -0.3 is 5.73 Å². The maximum Gasteiger partial charge on any atom is 0.0428 e. The first-order valence-electron chi connectivity index (χ1n) is 7.61. The summed E-state index contributed by atoms with van der Waals surface area (Å²) < 4.78 is 12.0. The van der Waals surface area contributed by atoms with Crippen LogP contribution in [0.15, 0.2) is 24.3 Å². The van der Waals surface area contributed by atoms with Crippen molar-refractivity contribution in [1.82, 2.24) is 0 Å². The molecule has 20 heavy (non-hydrogen) atoms. The Balaban J connectivity index is 2.54. The van der Waals surface area contributed by atoms with Gasteiger partial charge in [-0.2, -0.15) is 0 Å². The zero-order valence-electron chi connectivity index (χ0n) is 13.3. The van der Waals surface area contributed by atoms with E-state index in [1.807, 2.05) is 0 Å². The van der Waals surface area contributed by atoms with E-state index in [2.05, 4.69) is 52.0 Å².